The number of rotatable bonds is 4. The first-order chi connectivity index (χ1) is 8.53. The minimum Gasteiger partial charge on any atom is -0.398 e. The van der Waals surface area contributed by atoms with E-state index >= 15 is 0 Å². The Balaban J connectivity index is 2.33. The van der Waals surface area contributed by atoms with Crippen LogP contribution in [0, 0.1) is 0 Å². The number of sulfonamides is 1. The number of hydrogen-bond donors (Lipinski definition) is 3. The summed E-state index contributed by atoms with van der Waals surface area (Å²) in [6.45, 7) is 1.96. The van der Waals surface area contributed by atoms with Gasteiger partial charge in [0.25, 0.3) is 10.0 Å². The van der Waals surface area contributed by atoms with Gasteiger partial charge in [-0.2, -0.15) is 5.10 Å². The fourth-order valence-corrected chi connectivity index (χ4v) is 2.65. The molecular formula is C11H14N4O2S. The number of aryl methyl sites for hydroxylation is 1. The smallest absolute Gasteiger partial charge is 0.262 e. The molecule has 0 saturated heterocycles. The van der Waals surface area contributed by atoms with Crippen molar-refractivity contribution in [3.05, 3.63) is 36.2 Å². The second-order valence-corrected chi connectivity index (χ2v) is 5.49. The molecule has 7 heteroatoms. The predicted octanol–water partition coefficient (Wildman–Crippen LogP) is 1.36. The van der Waals surface area contributed by atoms with Gasteiger partial charge in [0.1, 0.15) is 0 Å². The van der Waals surface area contributed by atoms with Crippen molar-refractivity contribution in [2.24, 2.45) is 0 Å². The predicted molar refractivity (Wildman–Crippen MR) is 69.6 cm³/mol. The van der Waals surface area contributed by atoms with Crippen molar-refractivity contribution in [3.8, 4) is 0 Å². The molecule has 4 N–H and O–H groups in total. The lowest BCUT2D eigenvalue weighted by Crippen LogP contribution is -2.13. The van der Waals surface area contributed by atoms with Crippen LogP contribution in [0.1, 0.15) is 12.5 Å². The highest BCUT2D eigenvalue weighted by Gasteiger charge is 2.15. The molecule has 6 nitrogen and oxygen atoms in total. The van der Waals surface area contributed by atoms with Gasteiger partial charge in [0.05, 0.1) is 16.8 Å². The first kappa shape index (κ1) is 12.4. The van der Waals surface area contributed by atoms with E-state index in [1.807, 2.05) is 6.92 Å². The van der Waals surface area contributed by atoms with Gasteiger partial charge in [-0.25, -0.2) is 8.42 Å². The van der Waals surface area contributed by atoms with Crippen LogP contribution >= 0.6 is 0 Å². The van der Waals surface area contributed by atoms with Crippen LogP contribution in [-0.2, 0) is 16.4 Å². The standard InChI is InChI=1S/C11H14N4O2S/c1-2-8-3-4-10(5-11(8)12)18(16,17)15-9-6-13-14-7-9/h3-7,15H,2,12H2,1H3,(H,13,14). The Labute approximate surface area is 105 Å². The van der Waals surface area contributed by atoms with Crippen LogP contribution in [0.5, 0.6) is 0 Å². The number of nitrogens with one attached hydrogen (secondary N) is 2. The molecule has 18 heavy (non-hydrogen) atoms. The molecule has 0 fully saturated rings. The number of nitrogens with zero attached hydrogens (tertiary/aromatic N) is 1. The Hall–Kier alpha value is -2.02. The molecule has 0 unspecified atom stereocenters. The van der Waals surface area contributed by atoms with Gasteiger partial charge in [-0.15, -0.1) is 0 Å². The molecule has 1 heterocycles. The molecule has 0 radical (unpaired) electrons. The average molecular weight is 266 g/mol. The Morgan fingerprint density at radius 2 is 2.22 bits per heavy atom. The van der Waals surface area contributed by atoms with Gasteiger partial charge < -0.3 is 5.73 Å². The number of nitrogens with two attached hydrogens (primary N) is 1. The van der Waals surface area contributed by atoms with Crippen LogP contribution in [0.2, 0.25) is 0 Å². The summed E-state index contributed by atoms with van der Waals surface area (Å²) >= 11 is 0. The van der Waals surface area contributed by atoms with E-state index < -0.39 is 10.0 Å². The van der Waals surface area contributed by atoms with Crippen molar-refractivity contribution >= 4 is 21.4 Å². The van der Waals surface area contributed by atoms with Crippen LogP contribution in [0.3, 0.4) is 0 Å². The van der Waals surface area contributed by atoms with E-state index in [0.29, 0.717) is 11.4 Å². The average Bonchev–Trinajstić information content (AvgIpc) is 2.81. The summed E-state index contributed by atoms with van der Waals surface area (Å²) < 4.78 is 26.5. The second-order valence-electron chi connectivity index (χ2n) is 3.81. The van der Waals surface area contributed by atoms with Crippen molar-refractivity contribution in [1.29, 1.82) is 0 Å². The summed E-state index contributed by atoms with van der Waals surface area (Å²) in [6, 6.07) is 4.72. The van der Waals surface area contributed by atoms with Crippen LogP contribution in [0.4, 0.5) is 11.4 Å². The molecule has 0 aliphatic rings. The number of nitrogen functional groups attached to an aromatic ring is 1. The van der Waals surface area contributed by atoms with Crippen molar-refractivity contribution in [1.82, 2.24) is 10.2 Å². The third kappa shape index (κ3) is 2.45. The van der Waals surface area contributed by atoms with E-state index in [4.69, 9.17) is 5.73 Å². The molecular weight excluding hydrogens is 252 g/mol. The highest BCUT2D eigenvalue weighted by molar-refractivity contribution is 7.92. The molecule has 0 atom stereocenters. The number of anilines is 2. The van der Waals surface area contributed by atoms with Crippen molar-refractivity contribution < 1.29 is 8.42 Å². The zero-order chi connectivity index (χ0) is 13.2. The van der Waals surface area contributed by atoms with Crippen LogP contribution in [-0.4, -0.2) is 18.6 Å². The van der Waals surface area contributed by atoms with E-state index in [1.54, 1.807) is 6.07 Å². The summed E-state index contributed by atoms with van der Waals surface area (Å²) in [5.41, 5.74) is 7.58. The van der Waals surface area contributed by atoms with Crippen molar-refractivity contribution in [2.75, 3.05) is 10.5 Å². The fraction of sp³-hybridized carbons (Fsp3) is 0.182. The third-order valence-corrected chi connectivity index (χ3v) is 3.94. The molecule has 96 valence electrons. The summed E-state index contributed by atoms with van der Waals surface area (Å²) in [4.78, 5) is 0.137. The van der Waals surface area contributed by atoms with Crippen molar-refractivity contribution in [3.63, 3.8) is 0 Å². The largest absolute Gasteiger partial charge is 0.398 e. The summed E-state index contributed by atoms with van der Waals surface area (Å²) in [7, 11) is -3.62. The SMILES string of the molecule is CCc1ccc(S(=O)(=O)Nc2cn[nH]c2)cc1N. The molecule has 0 spiro atoms. The van der Waals surface area contributed by atoms with Crippen LogP contribution in [0.25, 0.3) is 0 Å². The van der Waals surface area contributed by atoms with Gasteiger partial charge in [-0.1, -0.05) is 13.0 Å². The normalized spacial score (nSPS) is 11.4. The van der Waals surface area contributed by atoms with Crippen LogP contribution in [0.15, 0.2) is 35.5 Å². The van der Waals surface area contributed by atoms with E-state index in [-0.39, 0.29) is 4.90 Å². The van der Waals surface area contributed by atoms with Gasteiger partial charge in [-0.05, 0) is 24.1 Å². The summed E-state index contributed by atoms with van der Waals surface area (Å²) in [5.74, 6) is 0. The third-order valence-electron chi connectivity index (χ3n) is 2.56. The molecule has 0 saturated carbocycles. The molecule has 2 aromatic rings. The summed E-state index contributed by atoms with van der Waals surface area (Å²) in [6.07, 6.45) is 3.62. The zero-order valence-corrected chi connectivity index (χ0v) is 10.7. The van der Waals surface area contributed by atoms with E-state index in [9.17, 15) is 8.42 Å². The molecule has 2 rings (SSSR count). The topological polar surface area (TPSA) is 101 Å². The number of benzene rings is 1. The van der Waals surface area contributed by atoms with E-state index in [1.165, 1.54) is 24.5 Å². The number of hydrogen-bond acceptors (Lipinski definition) is 4. The monoisotopic (exact) mass is 266 g/mol. The maximum Gasteiger partial charge on any atom is 0.262 e. The van der Waals surface area contributed by atoms with E-state index in [2.05, 4.69) is 14.9 Å². The second kappa shape index (κ2) is 4.69. The van der Waals surface area contributed by atoms with E-state index in [0.717, 1.165) is 12.0 Å². The highest BCUT2D eigenvalue weighted by atomic mass is 32.2. The maximum atomic E-state index is 12.0. The molecule has 1 aromatic heterocycles. The zero-order valence-electron chi connectivity index (χ0n) is 9.84. The van der Waals surface area contributed by atoms with Gasteiger partial charge >= 0.3 is 0 Å². The lowest BCUT2D eigenvalue weighted by Gasteiger charge is -2.08. The molecule has 0 aliphatic heterocycles. The minimum absolute atomic E-state index is 0.137. The minimum atomic E-state index is -3.62. The van der Waals surface area contributed by atoms with Gasteiger partial charge in [0, 0.05) is 11.9 Å². The molecule has 0 amide bonds. The van der Waals surface area contributed by atoms with Crippen LogP contribution < -0.4 is 10.5 Å². The van der Waals surface area contributed by atoms with Gasteiger partial charge in [-0.3, -0.25) is 9.82 Å². The number of aromatic amines is 1. The molecule has 1 aromatic carbocycles. The Morgan fingerprint density at radius 3 is 2.78 bits per heavy atom. The lowest BCUT2D eigenvalue weighted by atomic mass is 10.1. The maximum absolute atomic E-state index is 12.0. The number of aromatic nitrogens is 2. The Morgan fingerprint density at radius 1 is 1.44 bits per heavy atom. The number of H-pyrrole nitrogens is 1. The van der Waals surface area contributed by atoms with Gasteiger partial charge in [0.15, 0.2) is 0 Å². The quantitative estimate of drug-likeness (QED) is 0.727. The lowest BCUT2D eigenvalue weighted by molar-refractivity contribution is 0.601. The highest BCUT2D eigenvalue weighted by Crippen LogP contribution is 2.20. The summed E-state index contributed by atoms with van der Waals surface area (Å²) in [5, 5.41) is 6.20. The first-order valence-corrected chi connectivity index (χ1v) is 6.91. The molecule has 0 aliphatic carbocycles. The molecule has 0 bridgehead atoms. The first-order valence-electron chi connectivity index (χ1n) is 5.43. The Kier molecular flexibility index (Phi) is 3.24. The fourth-order valence-electron chi connectivity index (χ4n) is 1.58. The van der Waals surface area contributed by atoms with Gasteiger partial charge in [0.2, 0.25) is 0 Å². The van der Waals surface area contributed by atoms with Crippen molar-refractivity contribution in [2.45, 2.75) is 18.2 Å². The Bertz CT molecular complexity index is 635.